The van der Waals surface area contributed by atoms with E-state index >= 15 is 0 Å². The van der Waals surface area contributed by atoms with Crippen LogP contribution in [0.25, 0.3) is 23.0 Å². The molecule has 0 atom stereocenters. The Bertz CT molecular complexity index is 1510. The van der Waals surface area contributed by atoms with Crippen LogP contribution in [0.1, 0.15) is 39.2 Å². The van der Waals surface area contributed by atoms with E-state index in [1.165, 1.54) is 11.8 Å². The van der Waals surface area contributed by atoms with Crippen molar-refractivity contribution in [2.45, 2.75) is 44.6 Å². The molecule has 2 fully saturated rings. The number of thiocarbonyl (C=S) groups is 1. The van der Waals surface area contributed by atoms with E-state index in [2.05, 4.69) is 6.92 Å². The summed E-state index contributed by atoms with van der Waals surface area (Å²) in [5.74, 6) is 0.394. The molecule has 3 aromatic rings. The third kappa shape index (κ3) is 5.22. The number of para-hydroxylation sites is 1. The minimum absolute atomic E-state index is 0.0421. The van der Waals surface area contributed by atoms with Crippen LogP contribution in [0, 0.1) is 5.92 Å². The Morgan fingerprint density at radius 2 is 1.79 bits per heavy atom. The van der Waals surface area contributed by atoms with Crippen molar-refractivity contribution in [3.05, 3.63) is 71.3 Å². The van der Waals surface area contributed by atoms with Gasteiger partial charge in [0.15, 0.2) is 0 Å². The Kier molecular flexibility index (Phi) is 7.59. The summed E-state index contributed by atoms with van der Waals surface area (Å²) in [6.07, 6.45) is 5.38. The summed E-state index contributed by atoms with van der Waals surface area (Å²) >= 11 is 6.73. The average Bonchev–Trinajstić information content (AvgIpc) is 3.45. The van der Waals surface area contributed by atoms with Crippen LogP contribution in [0.4, 0.5) is 0 Å². The number of aromatic nitrogens is 2. The van der Waals surface area contributed by atoms with Gasteiger partial charge in [-0.2, -0.15) is 9.40 Å². The number of carbonyl (C=O) groups excluding carboxylic acids is 1. The molecule has 0 unspecified atom stereocenters. The molecule has 2 aromatic carbocycles. The van der Waals surface area contributed by atoms with Crippen LogP contribution in [-0.4, -0.2) is 56.8 Å². The topological polar surface area (TPSA) is 75.5 Å². The van der Waals surface area contributed by atoms with Crippen LogP contribution < -0.4 is 0 Å². The zero-order valence-electron chi connectivity index (χ0n) is 21.6. The maximum atomic E-state index is 13.5. The maximum absolute atomic E-state index is 13.5. The number of nitrogens with zero attached hydrogens (tertiary/aromatic N) is 4. The molecule has 0 N–H and O–H groups in total. The minimum Gasteiger partial charge on any atom is -0.290 e. The summed E-state index contributed by atoms with van der Waals surface area (Å²) < 4.78 is 30.8. The van der Waals surface area contributed by atoms with E-state index in [9.17, 15) is 13.2 Å². The van der Waals surface area contributed by atoms with E-state index < -0.39 is 10.0 Å². The van der Waals surface area contributed by atoms with Gasteiger partial charge in [-0.3, -0.25) is 9.69 Å². The molecule has 2 aliphatic rings. The molecule has 2 saturated heterocycles. The number of thioether (sulfide) groups is 1. The van der Waals surface area contributed by atoms with Gasteiger partial charge >= 0.3 is 0 Å². The van der Waals surface area contributed by atoms with Gasteiger partial charge in [-0.1, -0.05) is 61.2 Å². The predicted molar refractivity (Wildman–Crippen MR) is 156 cm³/mol. The van der Waals surface area contributed by atoms with Gasteiger partial charge in [0.2, 0.25) is 10.0 Å². The molecule has 0 bridgehead atoms. The lowest BCUT2D eigenvalue weighted by Gasteiger charge is -2.29. The van der Waals surface area contributed by atoms with E-state index in [-0.39, 0.29) is 16.8 Å². The molecule has 1 aromatic heterocycles. The molecule has 0 saturated carbocycles. The first-order chi connectivity index (χ1) is 18.1. The Hall–Kier alpha value is -2.79. The fourth-order valence-electron chi connectivity index (χ4n) is 4.67. The first-order valence-electron chi connectivity index (χ1n) is 12.7. The van der Waals surface area contributed by atoms with Gasteiger partial charge in [0.05, 0.1) is 15.5 Å². The van der Waals surface area contributed by atoms with Crippen LogP contribution in [0.5, 0.6) is 0 Å². The molecule has 2 aliphatic heterocycles. The number of rotatable bonds is 6. The third-order valence-corrected chi connectivity index (χ3v) is 10.1. The molecule has 5 rings (SSSR count). The molecule has 0 radical (unpaired) electrons. The number of piperidine rings is 1. The maximum Gasteiger partial charge on any atom is 0.266 e. The fraction of sp³-hybridized carbons (Fsp3) is 0.321. The Morgan fingerprint density at radius 3 is 2.45 bits per heavy atom. The van der Waals surface area contributed by atoms with Crippen molar-refractivity contribution in [1.29, 1.82) is 0 Å². The Balaban J connectivity index is 1.58. The average molecular weight is 567 g/mol. The lowest BCUT2D eigenvalue weighted by atomic mass is 10.0. The van der Waals surface area contributed by atoms with Gasteiger partial charge in [0.1, 0.15) is 10.0 Å². The number of carbonyl (C=O) groups is 1. The standard InChI is InChI=1S/C28H30N4O3S3/c1-19(2)32-27(33)25(37-28(32)36)17-22-18-31(23-9-5-4-6-10-23)29-26(22)21-8-7-11-24(16-21)38(34,35)30-14-12-20(3)13-15-30/h4-11,16-20H,12-15H2,1-3H3. The number of benzene rings is 2. The van der Waals surface area contributed by atoms with Crippen LogP contribution in [0.3, 0.4) is 0 Å². The van der Waals surface area contributed by atoms with Crippen LogP contribution in [0.2, 0.25) is 0 Å². The highest BCUT2D eigenvalue weighted by Gasteiger charge is 2.34. The summed E-state index contributed by atoms with van der Waals surface area (Å²) in [5, 5.41) is 4.83. The quantitative estimate of drug-likeness (QED) is 0.287. The van der Waals surface area contributed by atoms with E-state index in [0.29, 0.717) is 45.1 Å². The molecule has 198 valence electrons. The highest BCUT2D eigenvalue weighted by molar-refractivity contribution is 8.26. The lowest BCUT2D eigenvalue weighted by Crippen LogP contribution is -2.37. The van der Waals surface area contributed by atoms with Crippen molar-refractivity contribution in [2.75, 3.05) is 13.1 Å². The summed E-state index contributed by atoms with van der Waals surface area (Å²) in [6, 6.07) is 16.5. The molecular formula is C28H30N4O3S3. The van der Waals surface area contributed by atoms with Gasteiger partial charge < -0.3 is 0 Å². The highest BCUT2D eigenvalue weighted by atomic mass is 32.2. The van der Waals surface area contributed by atoms with Crippen molar-refractivity contribution in [3.8, 4) is 16.9 Å². The Morgan fingerprint density at radius 1 is 1.08 bits per heavy atom. The van der Waals surface area contributed by atoms with Gasteiger partial charge in [-0.05, 0) is 62.9 Å². The number of sulfonamides is 1. The lowest BCUT2D eigenvalue weighted by molar-refractivity contribution is -0.123. The molecule has 38 heavy (non-hydrogen) atoms. The van der Waals surface area contributed by atoms with E-state index in [4.69, 9.17) is 17.3 Å². The molecule has 0 spiro atoms. The monoisotopic (exact) mass is 566 g/mol. The molecule has 3 heterocycles. The van der Waals surface area contributed by atoms with E-state index in [1.54, 1.807) is 38.2 Å². The van der Waals surface area contributed by atoms with Crippen LogP contribution in [-0.2, 0) is 14.8 Å². The van der Waals surface area contributed by atoms with Gasteiger partial charge in [0, 0.05) is 36.5 Å². The summed E-state index contributed by atoms with van der Waals surface area (Å²) in [7, 11) is -3.63. The van der Waals surface area contributed by atoms with Gasteiger partial charge in [-0.25, -0.2) is 13.1 Å². The largest absolute Gasteiger partial charge is 0.290 e. The van der Waals surface area contributed by atoms with Crippen LogP contribution >= 0.6 is 24.0 Å². The second-order valence-corrected chi connectivity index (χ2v) is 13.6. The van der Waals surface area contributed by atoms with Crippen molar-refractivity contribution < 1.29 is 13.2 Å². The highest BCUT2D eigenvalue weighted by Crippen LogP contribution is 2.36. The summed E-state index contributed by atoms with van der Waals surface area (Å²) in [6.45, 7) is 7.08. The zero-order valence-corrected chi connectivity index (χ0v) is 24.0. The zero-order chi connectivity index (χ0) is 27.0. The number of amides is 1. The van der Waals surface area contributed by atoms with E-state index in [1.807, 2.05) is 56.4 Å². The normalized spacial score (nSPS) is 18.7. The smallest absolute Gasteiger partial charge is 0.266 e. The van der Waals surface area contributed by atoms with Crippen LogP contribution in [0.15, 0.2) is 70.6 Å². The Labute approximate surface area is 233 Å². The predicted octanol–water partition coefficient (Wildman–Crippen LogP) is 5.57. The minimum atomic E-state index is -3.63. The third-order valence-electron chi connectivity index (χ3n) is 6.88. The molecule has 1 amide bonds. The molecule has 10 heteroatoms. The van der Waals surface area contributed by atoms with Crippen molar-refractivity contribution in [1.82, 2.24) is 19.0 Å². The van der Waals surface area contributed by atoms with E-state index in [0.717, 1.165) is 18.5 Å². The SMILES string of the molecule is CC1CCN(S(=O)(=O)c2cccc(-c3nn(-c4ccccc4)cc3C=C3SC(=S)N(C(C)C)C3=O)c2)CC1. The first-order valence-corrected chi connectivity index (χ1v) is 15.3. The van der Waals surface area contributed by atoms with Gasteiger partial charge in [-0.15, -0.1) is 0 Å². The first kappa shape index (κ1) is 26.8. The van der Waals surface area contributed by atoms with Crippen molar-refractivity contribution in [2.24, 2.45) is 5.92 Å². The van der Waals surface area contributed by atoms with Gasteiger partial charge in [0.25, 0.3) is 5.91 Å². The molecular weight excluding hydrogens is 537 g/mol. The summed E-state index contributed by atoms with van der Waals surface area (Å²) in [5.41, 5.74) is 2.82. The second-order valence-electron chi connectivity index (χ2n) is 9.97. The summed E-state index contributed by atoms with van der Waals surface area (Å²) in [4.78, 5) is 15.5. The molecule has 7 nitrogen and oxygen atoms in total. The number of hydrogen-bond donors (Lipinski definition) is 0. The fourth-order valence-corrected chi connectivity index (χ4v) is 7.71. The van der Waals surface area contributed by atoms with Crippen molar-refractivity contribution in [3.63, 3.8) is 0 Å². The van der Waals surface area contributed by atoms with Crippen molar-refractivity contribution >= 4 is 50.3 Å². The number of hydrogen-bond acceptors (Lipinski definition) is 6. The second kappa shape index (κ2) is 10.8. The molecule has 0 aliphatic carbocycles.